The van der Waals surface area contributed by atoms with Gasteiger partial charge in [-0.05, 0) is 31.6 Å². The van der Waals surface area contributed by atoms with Crippen LogP contribution in [0.15, 0.2) is 23.8 Å². The summed E-state index contributed by atoms with van der Waals surface area (Å²) >= 11 is 0. The molecule has 0 amide bonds. The third-order valence-electron chi connectivity index (χ3n) is 2.70. The highest BCUT2D eigenvalue weighted by Crippen LogP contribution is 2.37. The fraction of sp³-hybridized carbons (Fsp3) is 0.636. The van der Waals surface area contributed by atoms with Crippen LogP contribution in [0.2, 0.25) is 0 Å². The van der Waals surface area contributed by atoms with E-state index in [9.17, 15) is 0 Å². The smallest absolute Gasteiger partial charge is 0.0192 e. The van der Waals surface area contributed by atoms with E-state index in [-0.39, 0.29) is 0 Å². The second-order valence-electron chi connectivity index (χ2n) is 3.83. The first-order valence-electron chi connectivity index (χ1n) is 4.46. The zero-order valence-corrected chi connectivity index (χ0v) is 7.85. The lowest BCUT2D eigenvalue weighted by molar-refractivity contribution is 0.519. The summed E-state index contributed by atoms with van der Waals surface area (Å²) in [6, 6.07) is 0. The van der Waals surface area contributed by atoms with Crippen LogP contribution in [-0.4, -0.2) is 0 Å². The average molecular weight is 150 g/mol. The molecule has 1 aliphatic carbocycles. The molecule has 0 aromatic carbocycles. The molecule has 0 heteroatoms. The van der Waals surface area contributed by atoms with Crippen molar-refractivity contribution in [1.29, 1.82) is 0 Å². The lowest BCUT2D eigenvalue weighted by Crippen LogP contribution is -2.15. The van der Waals surface area contributed by atoms with Gasteiger partial charge < -0.3 is 0 Å². The lowest BCUT2D eigenvalue weighted by atomic mass is 9.75. The molecule has 0 aliphatic heterocycles. The minimum Gasteiger partial charge on any atom is -0.103 e. The molecule has 2 unspecified atom stereocenters. The van der Waals surface area contributed by atoms with Gasteiger partial charge in [-0.15, -0.1) is 6.58 Å². The highest BCUT2D eigenvalue weighted by atomic mass is 14.3. The van der Waals surface area contributed by atoms with Crippen LogP contribution in [0.3, 0.4) is 0 Å². The highest BCUT2D eigenvalue weighted by molar-refractivity contribution is 5.26. The summed E-state index contributed by atoms with van der Waals surface area (Å²) in [6.45, 7) is 10.6. The molecule has 0 nitrogen and oxygen atoms in total. The maximum absolute atomic E-state index is 3.80. The quantitative estimate of drug-likeness (QED) is 0.540. The van der Waals surface area contributed by atoms with Crippen molar-refractivity contribution in [3.8, 4) is 0 Å². The minimum atomic E-state index is 0.655. The first-order valence-corrected chi connectivity index (χ1v) is 4.46. The van der Waals surface area contributed by atoms with Gasteiger partial charge >= 0.3 is 0 Å². The first kappa shape index (κ1) is 8.58. The predicted molar refractivity (Wildman–Crippen MR) is 50.5 cm³/mol. The maximum atomic E-state index is 3.80. The van der Waals surface area contributed by atoms with Gasteiger partial charge in [0.25, 0.3) is 0 Å². The number of hydrogen-bond acceptors (Lipinski definition) is 0. The van der Waals surface area contributed by atoms with Crippen molar-refractivity contribution < 1.29 is 0 Å². The van der Waals surface area contributed by atoms with Crippen molar-refractivity contribution in [3.05, 3.63) is 23.8 Å². The number of hydrogen-bond donors (Lipinski definition) is 0. The van der Waals surface area contributed by atoms with Crippen molar-refractivity contribution >= 4 is 0 Å². The van der Waals surface area contributed by atoms with Gasteiger partial charge in [-0.3, -0.25) is 0 Å². The summed E-state index contributed by atoms with van der Waals surface area (Å²) < 4.78 is 0. The molecule has 0 fully saturated rings. The fourth-order valence-electron chi connectivity index (χ4n) is 1.81. The Labute approximate surface area is 70.0 Å². The van der Waals surface area contributed by atoms with E-state index < -0.39 is 0 Å². The van der Waals surface area contributed by atoms with E-state index >= 15 is 0 Å². The molecule has 1 aliphatic rings. The monoisotopic (exact) mass is 150 g/mol. The number of allylic oxidation sites excluding steroid dienone is 3. The van der Waals surface area contributed by atoms with Crippen LogP contribution in [0.5, 0.6) is 0 Å². The molecule has 0 saturated carbocycles. The summed E-state index contributed by atoms with van der Waals surface area (Å²) in [5, 5.41) is 0. The zero-order valence-electron chi connectivity index (χ0n) is 7.85. The molecular weight excluding hydrogens is 132 g/mol. The van der Waals surface area contributed by atoms with E-state index in [2.05, 4.69) is 27.4 Å². The van der Waals surface area contributed by atoms with Crippen LogP contribution in [0, 0.1) is 11.8 Å². The summed E-state index contributed by atoms with van der Waals surface area (Å²) in [5.41, 5.74) is 3.30. The van der Waals surface area contributed by atoms with Crippen molar-refractivity contribution in [2.24, 2.45) is 11.8 Å². The topological polar surface area (TPSA) is 0 Å². The zero-order chi connectivity index (χ0) is 8.43. The Bertz CT molecular complexity index is 186. The van der Waals surface area contributed by atoms with Gasteiger partial charge in [0.1, 0.15) is 0 Å². The Morgan fingerprint density at radius 3 is 2.73 bits per heavy atom. The maximum Gasteiger partial charge on any atom is -0.0192 e. The standard InChI is InChI=1S/C11H18/c1-5-8(2)6-11-9(3)7-10(11)4/h5,8-9H,1,6-7H2,2-4H3. The van der Waals surface area contributed by atoms with Crippen molar-refractivity contribution in [3.63, 3.8) is 0 Å². The fourth-order valence-corrected chi connectivity index (χ4v) is 1.81. The molecule has 62 valence electrons. The van der Waals surface area contributed by atoms with Gasteiger partial charge in [0.2, 0.25) is 0 Å². The summed E-state index contributed by atoms with van der Waals surface area (Å²) in [7, 11) is 0. The van der Waals surface area contributed by atoms with Crippen LogP contribution in [0.4, 0.5) is 0 Å². The van der Waals surface area contributed by atoms with E-state index in [4.69, 9.17) is 0 Å². The van der Waals surface area contributed by atoms with Gasteiger partial charge in [0.15, 0.2) is 0 Å². The second-order valence-corrected chi connectivity index (χ2v) is 3.83. The third-order valence-corrected chi connectivity index (χ3v) is 2.70. The first-order chi connectivity index (χ1) is 5.15. The van der Waals surface area contributed by atoms with E-state index in [1.54, 1.807) is 11.1 Å². The molecule has 1 rings (SSSR count). The number of rotatable bonds is 3. The lowest BCUT2D eigenvalue weighted by Gasteiger charge is -2.30. The molecule has 0 aromatic heterocycles. The molecule has 0 aromatic rings. The van der Waals surface area contributed by atoms with Crippen LogP contribution < -0.4 is 0 Å². The van der Waals surface area contributed by atoms with E-state index in [1.807, 2.05) is 6.08 Å². The van der Waals surface area contributed by atoms with Gasteiger partial charge in [-0.25, -0.2) is 0 Å². The van der Waals surface area contributed by atoms with Gasteiger partial charge in [-0.1, -0.05) is 31.1 Å². The van der Waals surface area contributed by atoms with Crippen LogP contribution in [0.25, 0.3) is 0 Å². The Morgan fingerprint density at radius 2 is 2.36 bits per heavy atom. The highest BCUT2D eigenvalue weighted by Gasteiger charge is 2.22. The molecule has 0 N–H and O–H groups in total. The largest absolute Gasteiger partial charge is 0.103 e. The van der Waals surface area contributed by atoms with Crippen LogP contribution >= 0.6 is 0 Å². The van der Waals surface area contributed by atoms with Gasteiger partial charge in [0, 0.05) is 0 Å². The molecule has 0 spiro atoms. The summed E-state index contributed by atoms with van der Waals surface area (Å²) in [5.74, 6) is 1.50. The third kappa shape index (κ3) is 1.74. The Balaban J connectivity index is 2.49. The van der Waals surface area contributed by atoms with Crippen molar-refractivity contribution in [2.45, 2.75) is 33.6 Å². The molecule has 11 heavy (non-hydrogen) atoms. The molecule has 0 bridgehead atoms. The van der Waals surface area contributed by atoms with E-state index in [0.29, 0.717) is 5.92 Å². The second kappa shape index (κ2) is 3.25. The minimum absolute atomic E-state index is 0.655. The summed E-state index contributed by atoms with van der Waals surface area (Å²) in [4.78, 5) is 0. The Hall–Kier alpha value is -0.520. The molecule has 0 radical (unpaired) electrons. The van der Waals surface area contributed by atoms with Crippen LogP contribution in [-0.2, 0) is 0 Å². The molecule has 2 atom stereocenters. The molecule has 0 heterocycles. The van der Waals surface area contributed by atoms with Crippen molar-refractivity contribution in [1.82, 2.24) is 0 Å². The Morgan fingerprint density at radius 1 is 1.73 bits per heavy atom. The Kier molecular flexibility index (Phi) is 2.53. The molecular formula is C11H18. The van der Waals surface area contributed by atoms with E-state index in [1.165, 1.54) is 12.8 Å². The molecule has 0 saturated heterocycles. The van der Waals surface area contributed by atoms with E-state index in [0.717, 1.165) is 5.92 Å². The predicted octanol–water partition coefficient (Wildman–Crippen LogP) is 3.55. The summed E-state index contributed by atoms with van der Waals surface area (Å²) in [6.07, 6.45) is 4.60. The SMILES string of the molecule is C=CC(C)CC1=C(C)CC1C. The van der Waals surface area contributed by atoms with Crippen LogP contribution in [0.1, 0.15) is 33.6 Å². The van der Waals surface area contributed by atoms with Gasteiger partial charge in [-0.2, -0.15) is 0 Å². The van der Waals surface area contributed by atoms with Crippen molar-refractivity contribution in [2.75, 3.05) is 0 Å². The normalized spacial score (nSPS) is 26.3. The average Bonchev–Trinajstić information content (AvgIpc) is 2.00. The van der Waals surface area contributed by atoms with Gasteiger partial charge in [0.05, 0.1) is 0 Å².